The molecule has 5 rings (SSSR count). The number of fused-ring (bicyclic) bond motifs is 1. The molecule has 3 aromatic carbocycles. The third kappa shape index (κ3) is 5.38. The van der Waals surface area contributed by atoms with Crippen LogP contribution in [0.4, 0.5) is 20.0 Å². The van der Waals surface area contributed by atoms with Gasteiger partial charge < -0.3 is 10.2 Å². The summed E-state index contributed by atoms with van der Waals surface area (Å²) < 4.78 is 15.7. The lowest BCUT2D eigenvalue weighted by molar-refractivity contribution is 0.102. The van der Waals surface area contributed by atoms with Crippen molar-refractivity contribution in [3.63, 3.8) is 0 Å². The van der Waals surface area contributed by atoms with E-state index in [1.807, 2.05) is 60.7 Å². The maximum absolute atomic E-state index is 14.8. The minimum Gasteiger partial charge on any atom is -0.324 e. The molecule has 35 heavy (non-hydrogen) atoms. The van der Waals surface area contributed by atoms with Gasteiger partial charge in [0, 0.05) is 18.8 Å². The summed E-state index contributed by atoms with van der Waals surface area (Å²) in [5.74, 6) is -1.11. The fraction of sp³-hybridized carbons (Fsp3) is 0.148. The standard InChI is InChI=1S/C27H23FN4O2S/c28-22-17-19(10-11-21(22)25(33)31-26-30-23-8-4-5-9-24(23)35-26)16-18-12-14-32(15-13-18)27(34)29-20-6-2-1-3-7-20/h1-11,16-17H,12-15H2,(H,29,34)(H,30,31,33). The SMILES string of the molecule is O=C(Nc1nc2ccccc2s1)c1ccc(C=C2CCN(C(=O)Nc3ccccc3)CC2)cc1F. The fourth-order valence-corrected chi connectivity index (χ4v) is 4.86. The van der Waals surface area contributed by atoms with Crippen LogP contribution in [0, 0.1) is 5.82 Å². The summed E-state index contributed by atoms with van der Waals surface area (Å²) in [5, 5.41) is 6.03. The summed E-state index contributed by atoms with van der Waals surface area (Å²) in [4.78, 5) is 31.2. The molecule has 0 unspecified atom stereocenters. The number of amides is 3. The molecule has 1 aliphatic heterocycles. The number of hydrogen-bond acceptors (Lipinski definition) is 4. The molecule has 1 saturated heterocycles. The summed E-state index contributed by atoms with van der Waals surface area (Å²) in [6.45, 7) is 1.19. The molecule has 1 aromatic heterocycles. The first-order chi connectivity index (χ1) is 17.0. The lowest BCUT2D eigenvalue weighted by Gasteiger charge is -2.28. The van der Waals surface area contributed by atoms with Crippen LogP contribution in [0.3, 0.4) is 0 Å². The van der Waals surface area contributed by atoms with E-state index in [-0.39, 0.29) is 11.6 Å². The Labute approximate surface area is 206 Å². The van der Waals surface area contributed by atoms with Crippen molar-refractivity contribution in [3.8, 4) is 0 Å². The highest BCUT2D eigenvalue weighted by atomic mass is 32.1. The van der Waals surface area contributed by atoms with Gasteiger partial charge in [0.15, 0.2) is 5.13 Å². The average Bonchev–Trinajstić information content (AvgIpc) is 3.27. The Morgan fingerprint density at radius 1 is 0.943 bits per heavy atom. The Morgan fingerprint density at radius 3 is 2.43 bits per heavy atom. The first-order valence-electron chi connectivity index (χ1n) is 11.3. The van der Waals surface area contributed by atoms with Crippen molar-refractivity contribution >= 4 is 50.4 Å². The van der Waals surface area contributed by atoms with Gasteiger partial charge in [0.25, 0.3) is 5.91 Å². The van der Waals surface area contributed by atoms with Gasteiger partial charge in [-0.2, -0.15) is 0 Å². The zero-order valence-corrected chi connectivity index (χ0v) is 19.6. The van der Waals surface area contributed by atoms with Crippen molar-refractivity contribution in [2.24, 2.45) is 0 Å². The molecule has 2 N–H and O–H groups in total. The van der Waals surface area contributed by atoms with Crippen LogP contribution in [-0.4, -0.2) is 34.9 Å². The second-order valence-corrected chi connectivity index (χ2v) is 9.30. The third-order valence-corrected chi connectivity index (χ3v) is 6.79. The smallest absolute Gasteiger partial charge is 0.321 e. The van der Waals surface area contributed by atoms with Gasteiger partial charge >= 0.3 is 6.03 Å². The lowest BCUT2D eigenvalue weighted by Crippen LogP contribution is -2.39. The van der Waals surface area contributed by atoms with Crippen molar-refractivity contribution in [2.45, 2.75) is 12.8 Å². The van der Waals surface area contributed by atoms with Crippen LogP contribution in [0.25, 0.3) is 16.3 Å². The van der Waals surface area contributed by atoms with Crippen molar-refractivity contribution < 1.29 is 14.0 Å². The minimum absolute atomic E-state index is 0.0289. The van der Waals surface area contributed by atoms with Crippen molar-refractivity contribution in [3.05, 3.63) is 95.3 Å². The number of hydrogen-bond donors (Lipinski definition) is 2. The maximum Gasteiger partial charge on any atom is 0.321 e. The zero-order chi connectivity index (χ0) is 24.2. The number of nitrogens with zero attached hydrogens (tertiary/aromatic N) is 2. The quantitative estimate of drug-likeness (QED) is 0.351. The number of carbonyl (C=O) groups is 2. The van der Waals surface area contributed by atoms with E-state index in [1.54, 1.807) is 11.0 Å². The summed E-state index contributed by atoms with van der Waals surface area (Å²) in [6.07, 6.45) is 3.36. The highest BCUT2D eigenvalue weighted by Gasteiger charge is 2.19. The number of rotatable bonds is 4. The fourth-order valence-electron chi connectivity index (χ4n) is 4.00. The molecule has 0 atom stereocenters. The number of likely N-dealkylation sites (tertiary alicyclic amines) is 1. The van der Waals surface area contributed by atoms with Crippen molar-refractivity contribution in [2.75, 3.05) is 23.7 Å². The number of piperidine rings is 1. The molecule has 0 bridgehead atoms. The Bertz CT molecular complexity index is 1370. The van der Waals surface area contributed by atoms with Gasteiger partial charge in [-0.1, -0.05) is 59.4 Å². The number of benzene rings is 3. The average molecular weight is 487 g/mol. The van der Waals surface area contributed by atoms with E-state index in [0.717, 1.165) is 21.5 Å². The third-order valence-electron chi connectivity index (χ3n) is 5.84. The van der Waals surface area contributed by atoms with E-state index in [2.05, 4.69) is 15.6 Å². The molecular formula is C27H23FN4O2S. The van der Waals surface area contributed by atoms with E-state index in [1.165, 1.54) is 23.5 Å². The van der Waals surface area contributed by atoms with Gasteiger partial charge in [0.05, 0.1) is 15.8 Å². The molecule has 0 spiro atoms. The van der Waals surface area contributed by atoms with Crippen molar-refractivity contribution in [1.82, 2.24) is 9.88 Å². The molecule has 1 aliphatic rings. The largest absolute Gasteiger partial charge is 0.324 e. The van der Waals surface area contributed by atoms with Crippen LogP contribution in [-0.2, 0) is 0 Å². The number of para-hydroxylation sites is 2. The first-order valence-corrected chi connectivity index (χ1v) is 12.1. The summed E-state index contributed by atoms with van der Waals surface area (Å²) in [6, 6.07) is 21.4. The van der Waals surface area contributed by atoms with Crippen LogP contribution < -0.4 is 10.6 Å². The second-order valence-electron chi connectivity index (χ2n) is 8.27. The molecule has 0 radical (unpaired) electrons. The monoisotopic (exact) mass is 486 g/mol. The number of anilines is 2. The van der Waals surface area contributed by atoms with Crippen molar-refractivity contribution in [1.29, 1.82) is 0 Å². The van der Waals surface area contributed by atoms with Crippen LogP contribution in [0.1, 0.15) is 28.8 Å². The molecule has 2 heterocycles. The summed E-state index contributed by atoms with van der Waals surface area (Å²) in [5.41, 5.74) is 3.36. The molecule has 176 valence electrons. The van der Waals surface area contributed by atoms with E-state index < -0.39 is 11.7 Å². The highest BCUT2D eigenvalue weighted by molar-refractivity contribution is 7.22. The Kier molecular flexibility index (Phi) is 6.54. The number of carbonyl (C=O) groups excluding carboxylic acids is 2. The number of halogens is 1. The molecule has 1 fully saturated rings. The molecule has 8 heteroatoms. The maximum atomic E-state index is 14.8. The normalized spacial score (nSPS) is 13.5. The van der Waals surface area contributed by atoms with E-state index >= 15 is 0 Å². The summed E-state index contributed by atoms with van der Waals surface area (Å²) >= 11 is 1.35. The van der Waals surface area contributed by atoms with Gasteiger partial charge in [-0.05, 0) is 54.8 Å². The van der Waals surface area contributed by atoms with Gasteiger partial charge in [-0.25, -0.2) is 14.2 Å². The Hall–Kier alpha value is -4.04. The Morgan fingerprint density at radius 2 is 1.69 bits per heavy atom. The van der Waals surface area contributed by atoms with Gasteiger partial charge in [-0.15, -0.1) is 0 Å². The second kappa shape index (κ2) is 10.1. The Balaban J connectivity index is 1.19. The molecule has 4 aromatic rings. The molecule has 3 amide bonds. The molecular weight excluding hydrogens is 463 g/mol. The molecule has 0 aliphatic carbocycles. The highest BCUT2D eigenvalue weighted by Crippen LogP contribution is 2.26. The number of thiazole rings is 1. The first kappa shape index (κ1) is 22.7. The minimum atomic E-state index is -0.586. The van der Waals surface area contributed by atoms with Crippen LogP contribution in [0.15, 0.2) is 78.4 Å². The van der Waals surface area contributed by atoms with Gasteiger partial charge in [0.2, 0.25) is 0 Å². The van der Waals surface area contributed by atoms with E-state index in [0.29, 0.717) is 36.6 Å². The van der Waals surface area contributed by atoms with Gasteiger partial charge in [0.1, 0.15) is 5.82 Å². The molecule has 0 saturated carbocycles. The zero-order valence-electron chi connectivity index (χ0n) is 18.8. The van der Waals surface area contributed by atoms with Gasteiger partial charge in [-0.3, -0.25) is 10.1 Å². The number of aromatic nitrogens is 1. The van der Waals surface area contributed by atoms with Crippen LogP contribution >= 0.6 is 11.3 Å². The molecule has 6 nitrogen and oxygen atoms in total. The number of urea groups is 1. The van der Waals surface area contributed by atoms with E-state index in [4.69, 9.17) is 0 Å². The van der Waals surface area contributed by atoms with E-state index in [9.17, 15) is 14.0 Å². The van der Waals surface area contributed by atoms with Crippen LogP contribution in [0.2, 0.25) is 0 Å². The van der Waals surface area contributed by atoms with Crippen LogP contribution in [0.5, 0.6) is 0 Å². The number of nitrogens with one attached hydrogen (secondary N) is 2. The summed E-state index contributed by atoms with van der Waals surface area (Å²) in [7, 11) is 0. The topological polar surface area (TPSA) is 74.3 Å². The predicted octanol–water partition coefficient (Wildman–Crippen LogP) is 6.40. The predicted molar refractivity (Wildman–Crippen MR) is 138 cm³/mol. The lowest BCUT2D eigenvalue weighted by atomic mass is 10.0.